The highest BCUT2D eigenvalue weighted by atomic mass is 32.2. The minimum Gasteiger partial charge on any atom is -0.326 e. The summed E-state index contributed by atoms with van der Waals surface area (Å²) >= 11 is 0. The predicted octanol–water partition coefficient (Wildman–Crippen LogP) is 0.693. The fraction of sp³-hybridized carbons (Fsp3) is 0.545. The average molecular weight is 242 g/mol. The van der Waals surface area contributed by atoms with Gasteiger partial charge in [0.1, 0.15) is 0 Å². The number of pyridine rings is 1. The quantitative estimate of drug-likeness (QED) is 0.843. The average Bonchev–Trinajstić information content (AvgIpc) is 2.19. The Morgan fingerprint density at radius 1 is 1.50 bits per heavy atom. The molecule has 0 radical (unpaired) electrons. The lowest BCUT2D eigenvalue weighted by Gasteiger charge is -2.18. The SMILES string of the molecule is Cc1cccnc1CC(N)C(C)S(C)(=O)=O. The van der Waals surface area contributed by atoms with Crippen molar-refractivity contribution in [2.24, 2.45) is 5.73 Å². The first-order chi connectivity index (χ1) is 7.32. The van der Waals surface area contributed by atoms with Crippen LogP contribution in [-0.2, 0) is 16.3 Å². The van der Waals surface area contributed by atoms with Crippen LogP contribution in [0.5, 0.6) is 0 Å². The van der Waals surface area contributed by atoms with Gasteiger partial charge in [0, 0.05) is 30.6 Å². The molecule has 0 aliphatic carbocycles. The maximum atomic E-state index is 11.3. The zero-order valence-corrected chi connectivity index (χ0v) is 10.7. The lowest BCUT2D eigenvalue weighted by Crippen LogP contribution is -2.39. The lowest BCUT2D eigenvalue weighted by molar-refractivity contribution is 0.559. The largest absolute Gasteiger partial charge is 0.326 e. The van der Waals surface area contributed by atoms with Gasteiger partial charge in [0.2, 0.25) is 0 Å². The van der Waals surface area contributed by atoms with Crippen LogP contribution in [0.25, 0.3) is 0 Å². The van der Waals surface area contributed by atoms with E-state index in [-0.39, 0.29) is 0 Å². The van der Waals surface area contributed by atoms with E-state index in [9.17, 15) is 8.42 Å². The summed E-state index contributed by atoms with van der Waals surface area (Å²) < 4.78 is 22.7. The van der Waals surface area contributed by atoms with Gasteiger partial charge in [-0.15, -0.1) is 0 Å². The first kappa shape index (κ1) is 13.1. The maximum Gasteiger partial charge on any atom is 0.151 e. The van der Waals surface area contributed by atoms with E-state index >= 15 is 0 Å². The van der Waals surface area contributed by atoms with Crippen molar-refractivity contribution in [3.05, 3.63) is 29.6 Å². The standard InChI is InChI=1S/C11H18N2O2S/c1-8-5-4-6-13-11(8)7-10(12)9(2)16(3,14)15/h4-6,9-10H,7,12H2,1-3H3. The fourth-order valence-electron chi connectivity index (χ4n) is 1.44. The van der Waals surface area contributed by atoms with Crippen molar-refractivity contribution in [3.63, 3.8) is 0 Å². The first-order valence-electron chi connectivity index (χ1n) is 5.17. The Morgan fingerprint density at radius 2 is 2.12 bits per heavy atom. The van der Waals surface area contributed by atoms with Crippen LogP contribution in [0.15, 0.2) is 18.3 Å². The van der Waals surface area contributed by atoms with Crippen LogP contribution in [0.3, 0.4) is 0 Å². The van der Waals surface area contributed by atoms with E-state index < -0.39 is 21.1 Å². The molecule has 0 fully saturated rings. The van der Waals surface area contributed by atoms with Crippen LogP contribution in [0, 0.1) is 6.92 Å². The normalized spacial score (nSPS) is 15.8. The monoisotopic (exact) mass is 242 g/mol. The van der Waals surface area contributed by atoms with Gasteiger partial charge in [-0.3, -0.25) is 4.98 Å². The van der Waals surface area contributed by atoms with Crippen LogP contribution >= 0.6 is 0 Å². The van der Waals surface area contributed by atoms with E-state index in [4.69, 9.17) is 5.73 Å². The molecule has 16 heavy (non-hydrogen) atoms. The van der Waals surface area contributed by atoms with Crippen molar-refractivity contribution in [3.8, 4) is 0 Å². The number of nitrogens with two attached hydrogens (primary N) is 1. The van der Waals surface area contributed by atoms with Gasteiger partial charge in [-0.1, -0.05) is 6.07 Å². The number of aryl methyl sites for hydroxylation is 1. The molecule has 90 valence electrons. The minimum atomic E-state index is -3.09. The van der Waals surface area contributed by atoms with Crippen LogP contribution in [0.2, 0.25) is 0 Å². The van der Waals surface area contributed by atoms with Gasteiger partial charge in [-0.25, -0.2) is 8.42 Å². The second kappa shape index (κ2) is 4.93. The second-order valence-electron chi connectivity index (χ2n) is 4.17. The molecule has 2 atom stereocenters. The molecule has 1 heterocycles. The molecule has 0 aromatic carbocycles. The molecule has 0 spiro atoms. The van der Waals surface area contributed by atoms with E-state index in [2.05, 4.69) is 4.98 Å². The Balaban J connectivity index is 2.80. The summed E-state index contributed by atoms with van der Waals surface area (Å²) in [7, 11) is -3.09. The third-order valence-corrected chi connectivity index (χ3v) is 4.53. The highest BCUT2D eigenvalue weighted by molar-refractivity contribution is 7.91. The smallest absolute Gasteiger partial charge is 0.151 e. The van der Waals surface area contributed by atoms with Gasteiger partial charge >= 0.3 is 0 Å². The molecule has 2 N–H and O–H groups in total. The number of aromatic nitrogens is 1. The molecule has 1 aromatic rings. The summed E-state index contributed by atoms with van der Waals surface area (Å²) in [6.45, 7) is 3.58. The molecule has 0 aliphatic heterocycles. The number of hydrogen-bond donors (Lipinski definition) is 1. The van der Waals surface area contributed by atoms with Gasteiger partial charge < -0.3 is 5.73 Å². The molecule has 0 bridgehead atoms. The summed E-state index contributed by atoms with van der Waals surface area (Å²) in [5, 5.41) is -0.547. The number of nitrogens with zero attached hydrogens (tertiary/aromatic N) is 1. The van der Waals surface area contributed by atoms with Gasteiger partial charge in [-0.05, 0) is 25.5 Å². The van der Waals surface area contributed by atoms with E-state index in [1.165, 1.54) is 6.26 Å². The van der Waals surface area contributed by atoms with E-state index in [0.717, 1.165) is 11.3 Å². The van der Waals surface area contributed by atoms with Crippen LogP contribution in [0.4, 0.5) is 0 Å². The summed E-state index contributed by atoms with van der Waals surface area (Å²) in [4.78, 5) is 4.21. The van der Waals surface area contributed by atoms with Crippen molar-refractivity contribution < 1.29 is 8.42 Å². The molecule has 2 unspecified atom stereocenters. The Hall–Kier alpha value is -0.940. The van der Waals surface area contributed by atoms with E-state index in [0.29, 0.717) is 6.42 Å². The highest BCUT2D eigenvalue weighted by Crippen LogP contribution is 2.10. The molecule has 0 aliphatic rings. The lowest BCUT2D eigenvalue weighted by atomic mass is 10.1. The Kier molecular flexibility index (Phi) is 4.04. The molecular weight excluding hydrogens is 224 g/mol. The minimum absolute atomic E-state index is 0.413. The predicted molar refractivity (Wildman–Crippen MR) is 65.0 cm³/mol. The molecule has 5 heteroatoms. The molecular formula is C11H18N2O2S. The Labute approximate surface area is 96.8 Å². The third-order valence-electron chi connectivity index (χ3n) is 2.83. The summed E-state index contributed by atoms with van der Waals surface area (Å²) in [6, 6.07) is 3.38. The first-order valence-corrected chi connectivity index (χ1v) is 7.12. The molecule has 0 amide bonds. The Morgan fingerprint density at radius 3 is 2.62 bits per heavy atom. The van der Waals surface area contributed by atoms with Crippen LogP contribution < -0.4 is 5.73 Å². The molecule has 1 aromatic heterocycles. The maximum absolute atomic E-state index is 11.3. The molecule has 0 saturated heterocycles. The second-order valence-corrected chi connectivity index (χ2v) is 6.57. The van der Waals surface area contributed by atoms with E-state index in [1.807, 2.05) is 19.1 Å². The molecule has 0 saturated carbocycles. The van der Waals surface area contributed by atoms with Crippen LogP contribution in [0.1, 0.15) is 18.2 Å². The van der Waals surface area contributed by atoms with Crippen molar-refractivity contribution >= 4 is 9.84 Å². The van der Waals surface area contributed by atoms with E-state index in [1.54, 1.807) is 13.1 Å². The zero-order chi connectivity index (χ0) is 12.3. The number of sulfone groups is 1. The molecule has 1 rings (SSSR count). The van der Waals surface area contributed by atoms with Gasteiger partial charge in [0.05, 0.1) is 5.25 Å². The van der Waals surface area contributed by atoms with Crippen LogP contribution in [-0.4, -0.2) is 30.9 Å². The van der Waals surface area contributed by atoms with Crippen molar-refractivity contribution in [1.82, 2.24) is 4.98 Å². The number of rotatable bonds is 4. The van der Waals surface area contributed by atoms with Crippen molar-refractivity contribution in [2.75, 3.05) is 6.26 Å². The van der Waals surface area contributed by atoms with Gasteiger partial charge in [-0.2, -0.15) is 0 Å². The topological polar surface area (TPSA) is 73.0 Å². The van der Waals surface area contributed by atoms with Gasteiger partial charge in [0.25, 0.3) is 0 Å². The highest BCUT2D eigenvalue weighted by Gasteiger charge is 2.23. The van der Waals surface area contributed by atoms with Gasteiger partial charge in [0.15, 0.2) is 9.84 Å². The summed E-state index contributed by atoms with van der Waals surface area (Å²) in [6.07, 6.45) is 3.39. The van der Waals surface area contributed by atoms with Crippen molar-refractivity contribution in [1.29, 1.82) is 0 Å². The molecule has 4 nitrogen and oxygen atoms in total. The summed E-state index contributed by atoms with van der Waals surface area (Å²) in [5.41, 5.74) is 7.79. The summed E-state index contributed by atoms with van der Waals surface area (Å²) in [5.74, 6) is 0. The third kappa shape index (κ3) is 3.28. The van der Waals surface area contributed by atoms with Crippen molar-refractivity contribution in [2.45, 2.75) is 31.6 Å². The Bertz CT molecular complexity index is 457. The zero-order valence-electron chi connectivity index (χ0n) is 9.84. The number of hydrogen-bond acceptors (Lipinski definition) is 4. The fourth-order valence-corrected chi connectivity index (χ4v) is 2.17.